The molecule has 0 spiro atoms. The number of fused-ring (bicyclic) bond motifs is 2. The van der Waals surface area contributed by atoms with Crippen molar-refractivity contribution in [3.63, 3.8) is 0 Å². The van der Waals surface area contributed by atoms with Crippen molar-refractivity contribution >= 4 is 27.9 Å². The molecule has 5 rings (SSSR count). The number of hydrogen-bond acceptors (Lipinski definition) is 1. The predicted molar refractivity (Wildman–Crippen MR) is 141 cm³/mol. The van der Waals surface area contributed by atoms with E-state index in [2.05, 4.69) is 95.9 Å². The average molecular weight is 449 g/mol. The Morgan fingerprint density at radius 1 is 1.03 bits per heavy atom. The minimum Gasteiger partial charge on any atom is -0.626 e. The average Bonchev–Trinajstić information content (AvgIpc) is 3.27. The van der Waals surface area contributed by atoms with E-state index in [9.17, 15) is 0 Å². The zero-order chi connectivity index (χ0) is 24.0. The number of nitrogens with zero attached hydrogens (tertiary/aromatic N) is 2. The molecule has 4 aromatic rings. The molecule has 0 aliphatic carbocycles. The molecule has 0 unspecified atom stereocenters. The van der Waals surface area contributed by atoms with Gasteiger partial charge in [-0.1, -0.05) is 65.0 Å². The van der Waals surface area contributed by atoms with Gasteiger partial charge in [-0.15, -0.1) is 5.70 Å². The first-order valence-corrected chi connectivity index (χ1v) is 12.0. The second-order valence-electron chi connectivity index (χ2n) is 10.7. The van der Waals surface area contributed by atoms with Crippen LogP contribution in [0.3, 0.4) is 0 Å². The Hall–Kier alpha value is -3.59. The molecule has 34 heavy (non-hydrogen) atoms. The van der Waals surface area contributed by atoms with Crippen molar-refractivity contribution in [3.8, 4) is 11.3 Å². The summed E-state index contributed by atoms with van der Waals surface area (Å²) in [5.41, 5.74) is 6.87. The van der Waals surface area contributed by atoms with Gasteiger partial charge in [-0.3, -0.25) is 0 Å². The summed E-state index contributed by atoms with van der Waals surface area (Å²) in [6.07, 6.45) is 6.95. The Labute approximate surface area is 201 Å². The molecule has 2 aromatic heterocycles. The van der Waals surface area contributed by atoms with Gasteiger partial charge in [0.05, 0.1) is 6.26 Å². The van der Waals surface area contributed by atoms with Gasteiger partial charge in [0.25, 0.3) is 0 Å². The second-order valence-corrected chi connectivity index (χ2v) is 10.7. The summed E-state index contributed by atoms with van der Waals surface area (Å²) >= 11 is 0. The van der Waals surface area contributed by atoms with Crippen LogP contribution >= 0.6 is 0 Å². The van der Waals surface area contributed by atoms with Crippen molar-refractivity contribution in [1.82, 2.24) is 0 Å². The third kappa shape index (κ3) is 4.07. The molecular formula is C31H32N2O. The van der Waals surface area contributed by atoms with Gasteiger partial charge in [-0.2, -0.15) is 4.24 Å². The van der Waals surface area contributed by atoms with E-state index in [-0.39, 0.29) is 5.41 Å². The Morgan fingerprint density at radius 3 is 2.59 bits per heavy atom. The highest BCUT2D eigenvalue weighted by Gasteiger charge is 2.20. The van der Waals surface area contributed by atoms with Crippen LogP contribution in [0.25, 0.3) is 38.6 Å². The highest BCUT2D eigenvalue weighted by molar-refractivity contribution is 5.94. The first-order chi connectivity index (χ1) is 16.2. The van der Waals surface area contributed by atoms with E-state index in [1.807, 2.05) is 16.5 Å². The SMILES string of the molecule is C=[n+]1ccc(=C2C=C(CC(C)C)c3ccoc3[N-]2)cc1-c1cc(C(C)(C)C)c2ccccc2c1. The molecule has 0 saturated heterocycles. The Morgan fingerprint density at radius 2 is 1.82 bits per heavy atom. The zero-order valence-corrected chi connectivity index (χ0v) is 20.7. The monoisotopic (exact) mass is 448 g/mol. The minimum atomic E-state index is 0.0247. The summed E-state index contributed by atoms with van der Waals surface area (Å²) < 4.78 is 7.66. The molecule has 0 amide bonds. The van der Waals surface area contributed by atoms with Gasteiger partial charge in [0.15, 0.2) is 6.20 Å². The predicted octanol–water partition coefficient (Wildman–Crippen LogP) is 7.58. The van der Waals surface area contributed by atoms with Gasteiger partial charge in [0, 0.05) is 29.1 Å². The maximum atomic E-state index is 5.71. The molecular weight excluding hydrogens is 416 g/mol. The number of benzene rings is 2. The number of pyridine rings is 1. The van der Waals surface area contributed by atoms with E-state index in [0.29, 0.717) is 11.8 Å². The van der Waals surface area contributed by atoms with Crippen molar-refractivity contribution in [2.45, 2.75) is 46.5 Å². The lowest BCUT2D eigenvalue weighted by molar-refractivity contribution is -0.486. The topological polar surface area (TPSA) is 33.1 Å². The van der Waals surface area contributed by atoms with E-state index in [4.69, 9.17) is 9.73 Å². The first-order valence-electron chi connectivity index (χ1n) is 12.0. The summed E-state index contributed by atoms with van der Waals surface area (Å²) in [6.45, 7) is 15.6. The smallest absolute Gasteiger partial charge is 0.217 e. The van der Waals surface area contributed by atoms with Gasteiger partial charge in [-0.25, -0.2) is 0 Å². The van der Waals surface area contributed by atoms with E-state index in [1.54, 1.807) is 6.26 Å². The molecule has 0 fully saturated rings. The molecule has 172 valence electrons. The highest BCUT2D eigenvalue weighted by Crippen LogP contribution is 2.42. The van der Waals surface area contributed by atoms with Gasteiger partial charge in [-0.05, 0) is 63.1 Å². The standard InChI is InChI=1S/C31H32N2O/c1-20(2)15-23-18-28(32-30-26(23)12-14-34-30)22-11-13-33(6)29(19-22)24-16-21-9-7-8-10-25(21)27(17-24)31(3,4)5/h7-14,16-20H,6,15H2,1-5H3. The van der Waals surface area contributed by atoms with Gasteiger partial charge in [0.1, 0.15) is 6.72 Å². The minimum absolute atomic E-state index is 0.0247. The maximum absolute atomic E-state index is 5.71. The van der Waals surface area contributed by atoms with E-state index in [0.717, 1.165) is 34.2 Å². The van der Waals surface area contributed by atoms with Crippen LogP contribution in [0.2, 0.25) is 0 Å². The Kier molecular flexibility index (Phi) is 5.44. The van der Waals surface area contributed by atoms with E-state index in [1.165, 1.54) is 21.9 Å². The van der Waals surface area contributed by atoms with Crippen LogP contribution in [0, 0.1) is 12.6 Å². The van der Waals surface area contributed by atoms with E-state index >= 15 is 0 Å². The lowest BCUT2D eigenvalue weighted by Gasteiger charge is -2.29. The quantitative estimate of drug-likeness (QED) is 0.297. The molecule has 0 atom stereocenters. The first kappa shape index (κ1) is 22.2. The van der Waals surface area contributed by atoms with Gasteiger partial charge >= 0.3 is 0 Å². The largest absolute Gasteiger partial charge is 0.626 e. The van der Waals surface area contributed by atoms with Crippen molar-refractivity contribution in [1.29, 1.82) is 0 Å². The molecule has 0 bridgehead atoms. The summed E-state index contributed by atoms with van der Waals surface area (Å²) in [5, 5.41) is 8.45. The van der Waals surface area contributed by atoms with E-state index < -0.39 is 0 Å². The Bertz CT molecular complexity index is 1530. The normalized spacial score (nSPS) is 15.3. The molecule has 1 aliphatic heterocycles. The van der Waals surface area contributed by atoms with Crippen molar-refractivity contribution in [2.24, 2.45) is 5.92 Å². The summed E-state index contributed by atoms with van der Waals surface area (Å²) in [7, 11) is 0. The summed E-state index contributed by atoms with van der Waals surface area (Å²) in [4.78, 5) is 0. The molecule has 0 saturated carbocycles. The van der Waals surface area contributed by atoms with Crippen LogP contribution in [0.1, 0.15) is 52.2 Å². The number of rotatable bonds is 3. The lowest BCUT2D eigenvalue weighted by Crippen LogP contribution is -2.22. The molecule has 3 heterocycles. The fourth-order valence-corrected chi connectivity index (χ4v) is 4.79. The van der Waals surface area contributed by atoms with Crippen LogP contribution in [0.15, 0.2) is 77.6 Å². The van der Waals surface area contributed by atoms with Gasteiger partial charge < -0.3 is 9.73 Å². The number of allylic oxidation sites excluding steroid dienone is 1. The van der Waals surface area contributed by atoms with Crippen molar-refractivity contribution in [2.75, 3.05) is 0 Å². The number of furan rings is 1. The molecule has 3 nitrogen and oxygen atoms in total. The molecule has 2 aromatic carbocycles. The molecule has 0 radical (unpaired) electrons. The highest BCUT2D eigenvalue weighted by atomic mass is 16.3. The molecule has 0 N–H and O–H groups in total. The molecule has 1 aliphatic rings. The fraction of sp³-hybridized carbons (Fsp3) is 0.258. The Balaban J connectivity index is 1.72. The number of hydrogen-bond donors (Lipinski definition) is 0. The third-order valence-corrected chi connectivity index (χ3v) is 6.45. The maximum Gasteiger partial charge on any atom is 0.217 e. The second kappa shape index (κ2) is 8.32. The summed E-state index contributed by atoms with van der Waals surface area (Å²) in [6, 6.07) is 19.5. The molecule has 3 heteroatoms. The van der Waals surface area contributed by atoms with Gasteiger partial charge in [0.2, 0.25) is 5.69 Å². The van der Waals surface area contributed by atoms with Crippen LogP contribution < -0.4 is 9.46 Å². The zero-order valence-electron chi connectivity index (χ0n) is 20.7. The van der Waals surface area contributed by atoms with Crippen LogP contribution in [0.4, 0.5) is 5.88 Å². The van der Waals surface area contributed by atoms with Crippen LogP contribution in [-0.4, -0.2) is 0 Å². The van der Waals surface area contributed by atoms with Crippen LogP contribution in [0.5, 0.6) is 0 Å². The van der Waals surface area contributed by atoms with Crippen LogP contribution in [-0.2, 0) is 5.41 Å². The fourth-order valence-electron chi connectivity index (χ4n) is 4.79. The van der Waals surface area contributed by atoms with Crippen molar-refractivity contribution < 1.29 is 8.66 Å². The van der Waals surface area contributed by atoms with Crippen molar-refractivity contribution in [3.05, 3.63) is 102 Å². The number of aromatic nitrogens is 1. The summed E-state index contributed by atoms with van der Waals surface area (Å²) in [5.74, 6) is 1.25. The third-order valence-electron chi connectivity index (χ3n) is 6.45. The lowest BCUT2D eigenvalue weighted by atomic mass is 9.82.